The fourth-order valence-corrected chi connectivity index (χ4v) is 1.91. The van der Waals surface area contributed by atoms with Gasteiger partial charge in [-0.25, -0.2) is 0 Å². The van der Waals surface area contributed by atoms with Crippen LogP contribution in [-0.2, 0) is 4.79 Å². The van der Waals surface area contributed by atoms with Crippen molar-refractivity contribution in [2.24, 2.45) is 0 Å². The first-order valence-electron chi connectivity index (χ1n) is 6.75. The Morgan fingerprint density at radius 1 is 1.18 bits per heavy atom. The van der Waals surface area contributed by atoms with Crippen molar-refractivity contribution in [3.8, 4) is 5.75 Å². The topological polar surface area (TPSA) is 81.5 Å². The molecule has 0 fully saturated rings. The lowest BCUT2D eigenvalue weighted by Gasteiger charge is -2.16. The largest absolute Gasteiger partial charge is 0.481 e. The summed E-state index contributed by atoms with van der Waals surface area (Å²) in [6.45, 7) is 3.47. The lowest BCUT2D eigenvalue weighted by molar-refractivity contribution is -0.383. The molecule has 6 nitrogen and oxygen atoms in total. The Morgan fingerprint density at radius 2 is 1.82 bits per heavy atom. The zero-order valence-corrected chi connectivity index (χ0v) is 12.3. The third-order valence-electron chi connectivity index (χ3n) is 3.13. The van der Waals surface area contributed by atoms with Crippen LogP contribution in [0.5, 0.6) is 5.75 Å². The fraction of sp³-hybridized carbons (Fsp3) is 0.188. The van der Waals surface area contributed by atoms with E-state index in [2.05, 4.69) is 5.32 Å². The van der Waals surface area contributed by atoms with E-state index in [1.807, 2.05) is 25.1 Å². The SMILES string of the molecule is Cc1ccccc1O[C@H](C)C(=O)Nc1ccccc1[N+](=O)[O-]. The number of nitrogens with one attached hydrogen (secondary N) is 1. The summed E-state index contributed by atoms with van der Waals surface area (Å²) in [7, 11) is 0. The first kappa shape index (κ1) is 15.5. The predicted octanol–water partition coefficient (Wildman–Crippen LogP) is 3.31. The molecule has 0 aliphatic rings. The van der Waals surface area contributed by atoms with E-state index in [0.29, 0.717) is 5.75 Å². The molecule has 0 saturated heterocycles. The monoisotopic (exact) mass is 300 g/mol. The molecule has 2 aromatic carbocycles. The molecule has 0 radical (unpaired) electrons. The van der Waals surface area contributed by atoms with Crippen molar-refractivity contribution in [3.63, 3.8) is 0 Å². The van der Waals surface area contributed by atoms with Crippen molar-refractivity contribution < 1.29 is 14.5 Å². The molecule has 114 valence electrons. The van der Waals surface area contributed by atoms with Gasteiger partial charge in [0.25, 0.3) is 11.6 Å². The van der Waals surface area contributed by atoms with Crippen molar-refractivity contribution in [1.82, 2.24) is 0 Å². The van der Waals surface area contributed by atoms with Crippen molar-refractivity contribution in [3.05, 3.63) is 64.2 Å². The van der Waals surface area contributed by atoms with Crippen molar-refractivity contribution in [2.45, 2.75) is 20.0 Å². The van der Waals surface area contributed by atoms with Gasteiger partial charge in [-0.2, -0.15) is 0 Å². The molecule has 2 rings (SSSR count). The summed E-state index contributed by atoms with van der Waals surface area (Å²) in [5, 5.41) is 13.5. The van der Waals surface area contributed by atoms with E-state index in [-0.39, 0.29) is 11.4 Å². The number of rotatable bonds is 5. The Bertz CT molecular complexity index is 700. The number of hydrogen-bond acceptors (Lipinski definition) is 4. The van der Waals surface area contributed by atoms with E-state index in [0.717, 1.165) is 5.56 Å². The molecular weight excluding hydrogens is 284 g/mol. The first-order chi connectivity index (χ1) is 10.5. The normalized spacial score (nSPS) is 11.5. The van der Waals surface area contributed by atoms with E-state index < -0.39 is 16.9 Å². The van der Waals surface area contributed by atoms with Gasteiger partial charge in [-0.3, -0.25) is 14.9 Å². The standard InChI is InChI=1S/C16H16N2O4/c1-11-7-3-6-10-15(11)22-12(2)16(19)17-13-8-4-5-9-14(13)18(20)21/h3-10,12H,1-2H3,(H,17,19)/t12-/m1/s1. The van der Waals surface area contributed by atoms with Crippen LogP contribution in [0.15, 0.2) is 48.5 Å². The van der Waals surface area contributed by atoms with E-state index in [9.17, 15) is 14.9 Å². The van der Waals surface area contributed by atoms with Crippen LogP contribution in [0.25, 0.3) is 0 Å². The van der Waals surface area contributed by atoms with Gasteiger partial charge in [0, 0.05) is 6.07 Å². The number of nitro groups is 1. The number of nitro benzene ring substituents is 1. The zero-order valence-electron chi connectivity index (χ0n) is 12.3. The molecule has 0 unspecified atom stereocenters. The highest BCUT2D eigenvalue weighted by Gasteiger charge is 2.20. The zero-order chi connectivity index (χ0) is 16.1. The van der Waals surface area contributed by atoms with Crippen LogP contribution >= 0.6 is 0 Å². The van der Waals surface area contributed by atoms with E-state index in [1.54, 1.807) is 25.1 Å². The highest BCUT2D eigenvalue weighted by atomic mass is 16.6. The van der Waals surface area contributed by atoms with Crippen LogP contribution in [0.3, 0.4) is 0 Å². The number of ether oxygens (including phenoxy) is 1. The Balaban J connectivity index is 2.09. The third kappa shape index (κ3) is 3.60. The fourth-order valence-electron chi connectivity index (χ4n) is 1.91. The van der Waals surface area contributed by atoms with Gasteiger partial charge in [0.05, 0.1) is 4.92 Å². The van der Waals surface area contributed by atoms with Crippen LogP contribution in [0.2, 0.25) is 0 Å². The number of aryl methyl sites for hydroxylation is 1. The minimum atomic E-state index is -0.777. The Labute approximate surface area is 127 Å². The third-order valence-corrected chi connectivity index (χ3v) is 3.13. The minimum Gasteiger partial charge on any atom is -0.481 e. The van der Waals surface area contributed by atoms with Crippen molar-refractivity contribution >= 4 is 17.3 Å². The van der Waals surface area contributed by atoms with Crippen LogP contribution in [-0.4, -0.2) is 16.9 Å². The molecule has 1 atom stereocenters. The molecule has 0 aliphatic heterocycles. The molecule has 6 heteroatoms. The number of benzene rings is 2. The number of carbonyl (C=O) groups is 1. The van der Waals surface area contributed by atoms with E-state index in [1.165, 1.54) is 12.1 Å². The molecule has 0 bridgehead atoms. The van der Waals surface area contributed by atoms with Gasteiger partial charge in [-0.05, 0) is 31.5 Å². The number of amides is 1. The summed E-state index contributed by atoms with van der Waals surface area (Å²) in [5.41, 5.74) is 0.907. The van der Waals surface area contributed by atoms with Crippen molar-refractivity contribution in [2.75, 3.05) is 5.32 Å². The molecule has 0 heterocycles. The number of anilines is 1. The van der Waals surface area contributed by atoms with Crippen LogP contribution in [0.1, 0.15) is 12.5 Å². The highest BCUT2D eigenvalue weighted by Crippen LogP contribution is 2.24. The second-order valence-electron chi connectivity index (χ2n) is 4.79. The quantitative estimate of drug-likeness (QED) is 0.678. The summed E-state index contributed by atoms with van der Waals surface area (Å²) in [4.78, 5) is 22.5. The molecule has 0 spiro atoms. The lowest BCUT2D eigenvalue weighted by atomic mass is 10.2. The summed E-state index contributed by atoms with van der Waals surface area (Å²) in [6.07, 6.45) is -0.777. The highest BCUT2D eigenvalue weighted by molar-refractivity contribution is 5.96. The Morgan fingerprint density at radius 3 is 2.50 bits per heavy atom. The van der Waals surface area contributed by atoms with Crippen LogP contribution in [0.4, 0.5) is 11.4 Å². The molecule has 22 heavy (non-hydrogen) atoms. The van der Waals surface area contributed by atoms with Crippen molar-refractivity contribution in [1.29, 1.82) is 0 Å². The summed E-state index contributed by atoms with van der Waals surface area (Å²) in [5.74, 6) is 0.158. The summed E-state index contributed by atoms with van der Waals surface area (Å²) >= 11 is 0. The maximum absolute atomic E-state index is 12.1. The van der Waals surface area contributed by atoms with Gasteiger partial charge in [-0.1, -0.05) is 30.3 Å². The first-order valence-corrected chi connectivity index (χ1v) is 6.75. The predicted molar refractivity (Wildman–Crippen MR) is 83.0 cm³/mol. The van der Waals surface area contributed by atoms with Gasteiger partial charge < -0.3 is 10.1 Å². The molecule has 0 aliphatic carbocycles. The van der Waals surface area contributed by atoms with Gasteiger partial charge in [0.2, 0.25) is 0 Å². The maximum atomic E-state index is 12.1. The van der Waals surface area contributed by atoms with Gasteiger partial charge in [0.15, 0.2) is 6.10 Å². The van der Waals surface area contributed by atoms with Gasteiger partial charge in [0.1, 0.15) is 11.4 Å². The molecule has 1 amide bonds. The molecule has 0 aromatic heterocycles. The molecule has 0 saturated carbocycles. The molecular formula is C16H16N2O4. The minimum absolute atomic E-state index is 0.151. The van der Waals surface area contributed by atoms with Gasteiger partial charge >= 0.3 is 0 Å². The molecule has 1 N–H and O–H groups in total. The second-order valence-corrected chi connectivity index (χ2v) is 4.79. The van der Waals surface area contributed by atoms with Gasteiger partial charge in [-0.15, -0.1) is 0 Å². The number of carbonyl (C=O) groups excluding carboxylic acids is 1. The number of hydrogen-bond donors (Lipinski definition) is 1. The number of nitrogens with zero attached hydrogens (tertiary/aromatic N) is 1. The van der Waals surface area contributed by atoms with Crippen LogP contribution in [0, 0.1) is 17.0 Å². The molecule has 2 aromatic rings. The summed E-state index contributed by atoms with van der Waals surface area (Å²) in [6, 6.07) is 13.3. The lowest BCUT2D eigenvalue weighted by Crippen LogP contribution is -2.30. The summed E-state index contributed by atoms with van der Waals surface area (Å²) < 4.78 is 5.60. The second kappa shape index (κ2) is 6.71. The average Bonchev–Trinajstić information content (AvgIpc) is 2.49. The maximum Gasteiger partial charge on any atom is 0.292 e. The van der Waals surface area contributed by atoms with E-state index in [4.69, 9.17) is 4.74 Å². The smallest absolute Gasteiger partial charge is 0.292 e. The Hall–Kier alpha value is -2.89. The average molecular weight is 300 g/mol. The Kier molecular flexibility index (Phi) is 4.73. The van der Waals surface area contributed by atoms with Crippen LogP contribution < -0.4 is 10.1 Å². The number of para-hydroxylation sites is 3. The van der Waals surface area contributed by atoms with E-state index >= 15 is 0 Å².